The molecule has 46 heavy (non-hydrogen) atoms. The van der Waals surface area contributed by atoms with Gasteiger partial charge in [-0.1, -0.05) is 55.5 Å². The lowest BCUT2D eigenvalue weighted by Crippen LogP contribution is -2.53. The maximum Gasteiger partial charge on any atom is 0.318 e. The number of likely N-dealkylation sites (tertiary alicyclic amines) is 1. The summed E-state index contributed by atoms with van der Waals surface area (Å²) in [5.41, 5.74) is 6.28. The Balaban J connectivity index is 1.41. The summed E-state index contributed by atoms with van der Waals surface area (Å²) >= 11 is 0. The van der Waals surface area contributed by atoms with E-state index in [9.17, 15) is 14.4 Å². The summed E-state index contributed by atoms with van der Waals surface area (Å²) < 4.78 is 0. The normalized spacial score (nSPS) is 15.1. The molecule has 3 N–H and O–H groups in total. The van der Waals surface area contributed by atoms with Crippen LogP contribution in [0.4, 0.5) is 10.5 Å². The summed E-state index contributed by atoms with van der Waals surface area (Å²) in [4.78, 5) is 49.9. The molecule has 0 spiro atoms. The second-order valence-electron chi connectivity index (χ2n) is 12.9. The number of H-pyrrole nitrogens is 1. The van der Waals surface area contributed by atoms with Crippen molar-refractivity contribution in [2.24, 2.45) is 0 Å². The first-order chi connectivity index (χ1) is 22.0. The van der Waals surface area contributed by atoms with Crippen molar-refractivity contribution in [2.75, 3.05) is 46.6 Å². The van der Waals surface area contributed by atoms with Crippen molar-refractivity contribution in [3.8, 4) is 0 Å². The Morgan fingerprint density at radius 1 is 0.957 bits per heavy atom. The van der Waals surface area contributed by atoms with Crippen LogP contribution in [0.1, 0.15) is 64.2 Å². The molecule has 0 unspecified atom stereocenters. The quantitative estimate of drug-likeness (QED) is 0.215. The lowest BCUT2D eigenvalue weighted by atomic mass is 9.87. The van der Waals surface area contributed by atoms with Gasteiger partial charge in [0.15, 0.2) is 0 Å². The van der Waals surface area contributed by atoms with E-state index in [1.54, 1.807) is 20.2 Å². The van der Waals surface area contributed by atoms with Crippen molar-refractivity contribution in [3.05, 3.63) is 101 Å². The van der Waals surface area contributed by atoms with E-state index in [2.05, 4.69) is 46.8 Å². The van der Waals surface area contributed by atoms with Gasteiger partial charge in [0.25, 0.3) is 5.91 Å². The topological polar surface area (TPSA) is 101 Å². The number of carbonyl (C=O) groups is 3. The van der Waals surface area contributed by atoms with E-state index in [0.717, 1.165) is 34.9 Å². The number of aromatic amines is 1. The Bertz CT molecular complexity index is 1700. The Morgan fingerprint density at radius 3 is 2.35 bits per heavy atom. The zero-order valence-corrected chi connectivity index (χ0v) is 27.8. The number of nitrogens with one attached hydrogen (secondary N) is 3. The minimum absolute atomic E-state index is 0.214. The van der Waals surface area contributed by atoms with Gasteiger partial charge in [-0.2, -0.15) is 0 Å². The SMILES string of the molecule is Cc1ccccc1C1CCN(C(=O)N[C@@H](C(=O)Nc2cc(CN(C)C)ccc2C(=O)N(C)C)[C@@H](C)c2c[nH]c3ccccc23)CC1. The molecular formula is C37H46N6O3. The summed E-state index contributed by atoms with van der Waals surface area (Å²) in [5.74, 6) is -0.566. The van der Waals surface area contributed by atoms with Crippen LogP contribution in [-0.4, -0.2) is 84.9 Å². The van der Waals surface area contributed by atoms with Gasteiger partial charge in [-0.15, -0.1) is 0 Å². The highest BCUT2D eigenvalue weighted by atomic mass is 16.2. The number of amides is 4. The van der Waals surface area contributed by atoms with Crippen LogP contribution < -0.4 is 10.6 Å². The van der Waals surface area contributed by atoms with Gasteiger partial charge < -0.3 is 30.3 Å². The molecule has 4 amide bonds. The number of aryl methyl sites for hydroxylation is 1. The lowest BCUT2D eigenvalue weighted by Gasteiger charge is -2.34. The van der Waals surface area contributed by atoms with E-state index in [1.165, 1.54) is 16.0 Å². The predicted octanol–water partition coefficient (Wildman–Crippen LogP) is 5.94. The average molecular weight is 623 g/mol. The second kappa shape index (κ2) is 14.2. The molecule has 4 aromatic rings. The molecule has 1 fully saturated rings. The van der Waals surface area contributed by atoms with Gasteiger partial charge in [-0.3, -0.25) is 9.59 Å². The highest BCUT2D eigenvalue weighted by Gasteiger charge is 2.33. The monoisotopic (exact) mass is 622 g/mol. The minimum Gasteiger partial charge on any atom is -0.361 e. The number of piperidine rings is 1. The van der Waals surface area contributed by atoms with Gasteiger partial charge in [0.2, 0.25) is 5.91 Å². The average Bonchev–Trinajstić information content (AvgIpc) is 3.47. The first kappa shape index (κ1) is 32.8. The zero-order chi connectivity index (χ0) is 33.0. The zero-order valence-electron chi connectivity index (χ0n) is 27.8. The van der Waals surface area contributed by atoms with Crippen molar-refractivity contribution < 1.29 is 14.4 Å². The first-order valence-electron chi connectivity index (χ1n) is 16.0. The number of benzene rings is 3. The molecule has 9 heteroatoms. The van der Waals surface area contributed by atoms with Crippen molar-refractivity contribution in [1.29, 1.82) is 0 Å². The van der Waals surface area contributed by atoms with Crippen molar-refractivity contribution in [2.45, 2.75) is 51.1 Å². The highest BCUT2D eigenvalue weighted by Crippen LogP contribution is 2.32. The summed E-state index contributed by atoms with van der Waals surface area (Å²) in [6, 6.07) is 20.7. The summed E-state index contributed by atoms with van der Waals surface area (Å²) in [6.07, 6.45) is 3.64. The molecular weight excluding hydrogens is 576 g/mol. The highest BCUT2D eigenvalue weighted by molar-refractivity contribution is 6.06. The van der Waals surface area contributed by atoms with Gasteiger partial charge in [0, 0.05) is 56.7 Å². The third-order valence-corrected chi connectivity index (χ3v) is 9.06. The fourth-order valence-corrected chi connectivity index (χ4v) is 6.53. The molecule has 5 rings (SSSR count). The number of fused-ring (bicyclic) bond motifs is 1. The minimum atomic E-state index is -0.902. The van der Waals surface area contributed by atoms with Crippen LogP contribution in [0.5, 0.6) is 0 Å². The number of carbonyl (C=O) groups excluding carboxylic acids is 3. The molecule has 9 nitrogen and oxygen atoms in total. The number of urea groups is 1. The molecule has 1 saturated heterocycles. The number of hydrogen-bond acceptors (Lipinski definition) is 4. The van der Waals surface area contributed by atoms with E-state index in [-0.39, 0.29) is 23.8 Å². The van der Waals surface area contributed by atoms with Crippen LogP contribution in [0.3, 0.4) is 0 Å². The van der Waals surface area contributed by atoms with E-state index in [4.69, 9.17) is 0 Å². The van der Waals surface area contributed by atoms with Crippen LogP contribution in [0, 0.1) is 6.92 Å². The van der Waals surface area contributed by atoms with Crippen LogP contribution >= 0.6 is 0 Å². The van der Waals surface area contributed by atoms with E-state index in [0.29, 0.717) is 36.8 Å². The molecule has 2 heterocycles. The maximum atomic E-state index is 14.3. The van der Waals surface area contributed by atoms with Crippen molar-refractivity contribution in [1.82, 2.24) is 25.0 Å². The number of hydrogen-bond donors (Lipinski definition) is 3. The third kappa shape index (κ3) is 7.26. The predicted molar refractivity (Wildman–Crippen MR) is 184 cm³/mol. The standard InChI is InChI=1S/C37H46N6O3/c1-24-11-7-8-12-28(24)27-17-19-43(20-18-27)37(46)40-34(25(2)31-22-38-32-14-10-9-13-29(31)32)35(44)39-33-21-26(23-41(3)4)15-16-30(33)36(45)42(5)6/h7-16,21-22,25,27,34,38H,17-20,23H2,1-6H3,(H,39,44)(H,40,46)/t25-,34+/m0/s1. The molecule has 1 aliphatic rings. The lowest BCUT2D eigenvalue weighted by molar-refractivity contribution is -0.118. The van der Waals surface area contributed by atoms with Crippen molar-refractivity contribution >= 4 is 34.4 Å². The fourth-order valence-electron chi connectivity index (χ4n) is 6.53. The largest absolute Gasteiger partial charge is 0.361 e. The third-order valence-electron chi connectivity index (χ3n) is 9.06. The number of rotatable bonds is 9. The van der Waals surface area contributed by atoms with E-state index >= 15 is 0 Å². The van der Waals surface area contributed by atoms with E-state index in [1.807, 2.05) is 73.4 Å². The number of para-hydroxylation sites is 1. The van der Waals surface area contributed by atoms with Crippen LogP contribution in [0.15, 0.2) is 72.9 Å². The fraction of sp³-hybridized carbons (Fsp3) is 0.378. The molecule has 0 bridgehead atoms. The smallest absolute Gasteiger partial charge is 0.318 e. The molecule has 3 aromatic carbocycles. The van der Waals surface area contributed by atoms with Crippen LogP contribution in [0.25, 0.3) is 10.9 Å². The van der Waals surface area contributed by atoms with E-state index < -0.39 is 6.04 Å². The molecule has 0 aliphatic carbocycles. The van der Waals surface area contributed by atoms with Crippen molar-refractivity contribution in [3.63, 3.8) is 0 Å². The van der Waals surface area contributed by atoms with Crippen LogP contribution in [-0.2, 0) is 11.3 Å². The molecule has 1 aromatic heterocycles. The molecule has 2 atom stereocenters. The molecule has 0 saturated carbocycles. The number of nitrogens with zero attached hydrogens (tertiary/aromatic N) is 3. The van der Waals surface area contributed by atoms with Crippen LogP contribution in [0.2, 0.25) is 0 Å². The van der Waals surface area contributed by atoms with Gasteiger partial charge in [0.1, 0.15) is 6.04 Å². The van der Waals surface area contributed by atoms with Gasteiger partial charge in [-0.25, -0.2) is 4.79 Å². The van der Waals surface area contributed by atoms with Gasteiger partial charge >= 0.3 is 6.03 Å². The van der Waals surface area contributed by atoms with Gasteiger partial charge in [-0.05, 0) is 80.2 Å². The summed E-state index contributed by atoms with van der Waals surface area (Å²) in [6.45, 7) is 5.95. The summed E-state index contributed by atoms with van der Waals surface area (Å²) in [7, 11) is 7.31. The first-order valence-corrected chi connectivity index (χ1v) is 16.0. The molecule has 0 radical (unpaired) electrons. The Labute approximate surface area is 271 Å². The van der Waals surface area contributed by atoms with Gasteiger partial charge in [0.05, 0.1) is 11.3 Å². The Kier molecular flexibility index (Phi) is 10.1. The number of anilines is 1. The summed E-state index contributed by atoms with van der Waals surface area (Å²) in [5, 5.41) is 7.14. The second-order valence-corrected chi connectivity index (χ2v) is 12.9. The maximum absolute atomic E-state index is 14.3. The Hall–Kier alpha value is -4.63. The molecule has 242 valence electrons. The Morgan fingerprint density at radius 2 is 1.65 bits per heavy atom. The number of aromatic nitrogens is 1. The molecule has 1 aliphatic heterocycles.